The molecule has 0 bridgehead atoms. The highest BCUT2D eigenvalue weighted by Gasteiger charge is 2.06. The molecule has 2 N–H and O–H groups in total. The van der Waals surface area contributed by atoms with Gasteiger partial charge in [0.25, 0.3) is 0 Å². The molecule has 0 aliphatic heterocycles. The molecule has 1 aromatic carbocycles. The van der Waals surface area contributed by atoms with Crippen LogP contribution in [0.3, 0.4) is 0 Å². The summed E-state index contributed by atoms with van der Waals surface area (Å²) in [5, 5.41) is 0. The Morgan fingerprint density at radius 3 is 2.93 bits per heavy atom. The molecule has 2 rings (SSSR count). The van der Waals surface area contributed by atoms with E-state index >= 15 is 0 Å². The van der Waals surface area contributed by atoms with Crippen molar-refractivity contribution in [1.82, 2.24) is 9.71 Å². The Hall–Kier alpha value is -1.18. The molecule has 1 atom stereocenters. The second-order valence-electron chi connectivity index (χ2n) is 2.53. The molecular formula is C7H6N2O3S2. The average Bonchev–Trinajstić information content (AvgIpc) is 2.43. The van der Waals surface area contributed by atoms with Crippen molar-refractivity contribution in [3.8, 4) is 0 Å². The van der Waals surface area contributed by atoms with Crippen LogP contribution in [0.25, 0.3) is 11.0 Å². The monoisotopic (exact) mass is 230 g/mol. The summed E-state index contributed by atoms with van der Waals surface area (Å²) in [6.07, 6.45) is 0. The Bertz CT molecular complexity index is 545. The number of benzene rings is 1. The number of aromatic nitrogens is 2. The summed E-state index contributed by atoms with van der Waals surface area (Å²) < 4.78 is 25.0. The van der Waals surface area contributed by atoms with Crippen molar-refractivity contribution in [2.24, 2.45) is 0 Å². The fraction of sp³-hybridized carbons (Fsp3) is 0. The van der Waals surface area contributed by atoms with Crippen LogP contribution in [0.5, 0.6) is 0 Å². The third-order valence-corrected chi connectivity index (χ3v) is 2.23. The van der Waals surface area contributed by atoms with E-state index in [-0.39, 0.29) is 4.77 Å². The lowest BCUT2D eigenvalue weighted by Crippen LogP contribution is -2.13. The lowest BCUT2D eigenvalue weighted by atomic mass is 10.3. The molecule has 1 unspecified atom stereocenters. The number of H-pyrrole nitrogens is 1. The topological polar surface area (TPSA) is 67.2 Å². The Morgan fingerprint density at radius 2 is 2.21 bits per heavy atom. The molecule has 0 saturated heterocycles. The van der Waals surface area contributed by atoms with Crippen LogP contribution in [0.2, 0.25) is 0 Å². The van der Waals surface area contributed by atoms with Crippen LogP contribution in [0.15, 0.2) is 24.3 Å². The first kappa shape index (κ1) is 9.38. The summed E-state index contributed by atoms with van der Waals surface area (Å²) in [4.78, 5) is 2.84. The largest absolute Gasteiger partial charge is 0.377 e. The number of imidazole rings is 1. The fourth-order valence-electron chi connectivity index (χ4n) is 1.17. The molecule has 1 heterocycles. The zero-order valence-electron chi connectivity index (χ0n) is 6.84. The average molecular weight is 230 g/mol. The van der Waals surface area contributed by atoms with E-state index in [9.17, 15) is 4.21 Å². The fourth-order valence-corrected chi connectivity index (χ4v) is 1.74. The van der Waals surface area contributed by atoms with E-state index in [0.717, 1.165) is 10.2 Å². The molecule has 0 spiro atoms. The minimum atomic E-state index is -2.38. The first-order valence-electron chi connectivity index (χ1n) is 3.68. The van der Waals surface area contributed by atoms with Crippen molar-refractivity contribution in [1.29, 1.82) is 0 Å². The predicted octanol–water partition coefficient (Wildman–Crippen LogP) is 1.26. The van der Waals surface area contributed by atoms with Crippen LogP contribution >= 0.6 is 12.2 Å². The highest BCUT2D eigenvalue weighted by Crippen LogP contribution is 2.11. The van der Waals surface area contributed by atoms with Gasteiger partial charge in [0.05, 0.1) is 5.52 Å². The Kier molecular flexibility index (Phi) is 2.36. The van der Waals surface area contributed by atoms with Gasteiger partial charge in [0.2, 0.25) is 4.77 Å². The van der Waals surface area contributed by atoms with Gasteiger partial charge in [0.1, 0.15) is 5.52 Å². The molecule has 1 aromatic heterocycles. The summed E-state index contributed by atoms with van der Waals surface area (Å²) in [6.45, 7) is 0. The van der Waals surface area contributed by atoms with E-state index in [1.54, 1.807) is 18.2 Å². The minimum Gasteiger partial charge on any atom is -0.328 e. The van der Waals surface area contributed by atoms with Crippen molar-refractivity contribution in [3.05, 3.63) is 29.0 Å². The minimum absolute atomic E-state index is 0.244. The quantitative estimate of drug-likeness (QED) is 0.602. The summed E-state index contributed by atoms with van der Waals surface area (Å²) in [6, 6.07) is 7.14. The molecule has 0 aliphatic rings. The summed E-state index contributed by atoms with van der Waals surface area (Å²) in [5.41, 5.74) is 1.38. The van der Waals surface area contributed by atoms with Crippen LogP contribution < -0.4 is 4.28 Å². The Morgan fingerprint density at radius 1 is 1.50 bits per heavy atom. The number of rotatable bonds is 2. The van der Waals surface area contributed by atoms with E-state index in [1.165, 1.54) is 0 Å². The number of nitrogens with one attached hydrogen (secondary N) is 1. The maximum Gasteiger partial charge on any atom is 0.377 e. The number of hydrogen-bond donors (Lipinski definition) is 2. The second-order valence-corrected chi connectivity index (χ2v) is 3.50. The van der Waals surface area contributed by atoms with Crippen LogP contribution in [0, 0.1) is 4.77 Å². The van der Waals surface area contributed by atoms with Gasteiger partial charge in [-0.3, -0.25) is 8.84 Å². The molecule has 74 valence electrons. The van der Waals surface area contributed by atoms with Gasteiger partial charge in [-0.25, -0.2) is 0 Å². The van der Waals surface area contributed by atoms with Gasteiger partial charge in [-0.1, -0.05) is 12.1 Å². The lowest BCUT2D eigenvalue weighted by Gasteiger charge is -1.99. The number of para-hydroxylation sites is 2. The molecule has 0 radical (unpaired) electrons. The molecular weight excluding hydrogens is 224 g/mol. The van der Waals surface area contributed by atoms with Crippen molar-refractivity contribution < 1.29 is 13.0 Å². The number of fused-ring (bicyclic) bond motifs is 1. The SMILES string of the molecule is O=S(O)On1c(=S)[nH]c2ccccc21. The normalized spacial score (nSPS) is 12.9. The van der Waals surface area contributed by atoms with Crippen LogP contribution in [-0.4, -0.2) is 18.5 Å². The van der Waals surface area contributed by atoms with Gasteiger partial charge in [-0.2, -0.15) is 4.21 Å². The zero-order valence-corrected chi connectivity index (χ0v) is 8.47. The standard InChI is InChI=1S/C7H6N2O3S2/c10-14(11)12-9-6-4-2-1-3-5(6)8-7(9)13/h1-4H,(H,8,13)(H,10,11). The summed E-state index contributed by atoms with van der Waals surface area (Å²) in [5.74, 6) is 0. The van der Waals surface area contributed by atoms with Crippen LogP contribution in [0.1, 0.15) is 0 Å². The van der Waals surface area contributed by atoms with Crippen LogP contribution in [0.4, 0.5) is 0 Å². The molecule has 0 fully saturated rings. The highest BCUT2D eigenvalue weighted by molar-refractivity contribution is 7.74. The predicted molar refractivity (Wildman–Crippen MR) is 54.5 cm³/mol. The van der Waals surface area contributed by atoms with Gasteiger partial charge < -0.3 is 4.98 Å². The number of aromatic amines is 1. The second kappa shape index (κ2) is 3.52. The number of nitrogens with zero attached hydrogens (tertiary/aromatic N) is 1. The lowest BCUT2D eigenvalue weighted by molar-refractivity contribution is 0.277. The maximum absolute atomic E-state index is 10.5. The molecule has 5 nitrogen and oxygen atoms in total. The molecule has 0 aliphatic carbocycles. The van der Waals surface area contributed by atoms with Gasteiger partial charge >= 0.3 is 11.4 Å². The van der Waals surface area contributed by atoms with Gasteiger partial charge in [0.15, 0.2) is 0 Å². The van der Waals surface area contributed by atoms with Gasteiger partial charge in [-0.05, 0) is 24.4 Å². The molecule has 0 saturated carbocycles. The van der Waals surface area contributed by atoms with Crippen molar-refractivity contribution in [2.45, 2.75) is 0 Å². The van der Waals surface area contributed by atoms with E-state index in [1.807, 2.05) is 6.07 Å². The van der Waals surface area contributed by atoms with Gasteiger partial charge in [0, 0.05) is 0 Å². The maximum atomic E-state index is 10.5. The van der Waals surface area contributed by atoms with Crippen molar-refractivity contribution >= 4 is 34.6 Å². The van der Waals surface area contributed by atoms with E-state index < -0.39 is 11.4 Å². The summed E-state index contributed by atoms with van der Waals surface area (Å²) >= 11 is 2.52. The van der Waals surface area contributed by atoms with Gasteiger partial charge in [-0.15, -0.1) is 4.73 Å². The molecule has 7 heteroatoms. The van der Waals surface area contributed by atoms with E-state index in [0.29, 0.717) is 5.52 Å². The van der Waals surface area contributed by atoms with E-state index in [4.69, 9.17) is 16.8 Å². The first-order valence-corrected chi connectivity index (χ1v) is 5.12. The Labute approximate surface area is 86.8 Å². The van der Waals surface area contributed by atoms with Crippen LogP contribution in [-0.2, 0) is 11.4 Å². The third-order valence-electron chi connectivity index (χ3n) is 1.69. The molecule has 0 amide bonds. The first-order chi connectivity index (χ1) is 6.68. The van der Waals surface area contributed by atoms with E-state index in [2.05, 4.69) is 9.27 Å². The summed E-state index contributed by atoms with van der Waals surface area (Å²) in [7, 11) is 0. The van der Waals surface area contributed by atoms with Crippen molar-refractivity contribution in [2.75, 3.05) is 0 Å². The smallest absolute Gasteiger partial charge is 0.328 e. The highest BCUT2D eigenvalue weighted by atomic mass is 32.2. The zero-order chi connectivity index (χ0) is 10.1. The molecule has 14 heavy (non-hydrogen) atoms. The Balaban J connectivity index is 2.68. The number of hydrogen-bond acceptors (Lipinski definition) is 3. The third kappa shape index (κ3) is 1.57. The van der Waals surface area contributed by atoms with Crippen molar-refractivity contribution in [3.63, 3.8) is 0 Å². The molecule has 2 aromatic rings.